The molecule has 0 atom stereocenters. The van der Waals surface area contributed by atoms with E-state index in [4.69, 9.17) is 18.1 Å². The lowest BCUT2D eigenvalue weighted by Crippen LogP contribution is -2.29. The SMILES string of the molecule is NNC(=S)c1ccccn1. The zero-order valence-electron chi connectivity index (χ0n) is 5.24. The Morgan fingerprint density at radius 3 is 2.90 bits per heavy atom. The quantitative estimate of drug-likeness (QED) is 0.344. The van der Waals surface area contributed by atoms with Crippen LogP contribution in [0, 0.1) is 0 Å². The summed E-state index contributed by atoms with van der Waals surface area (Å²) in [6.07, 6.45) is 1.67. The molecule has 10 heavy (non-hydrogen) atoms. The van der Waals surface area contributed by atoms with Crippen molar-refractivity contribution in [2.45, 2.75) is 0 Å². The molecule has 0 saturated heterocycles. The Hall–Kier alpha value is -1.00. The van der Waals surface area contributed by atoms with Crippen LogP contribution < -0.4 is 11.3 Å². The van der Waals surface area contributed by atoms with Crippen LogP contribution >= 0.6 is 12.2 Å². The summed E-state index contributed by atoms with van der Waals surface area (Å²) < 4.78 is 0. The first-order valence-electron chi connectivity index (χ1n) is 2.76. The van der Waals surface area contributed by atoms with Crippen molar-refractivity contribution in [2.75, 3.05) is 0 Å². The van der Waals surface area contributed by atoms with Crippen molar-refractivity contribution in [3.05, 3.63) is 30.1 Å². The monoisotopic (exact) mass is 153 g/mol. The summed E-state index contributed by atoms with van der Waals surface area (Å²) in [7, 11) is 0. The molecule has 0 aliphatic rings. The first-order valence-corrected chi connectivity index (χ1v) is 3.17. The van der Waals surface area contributed by atoms with Crippen LogP contribution in [0.25, 0.3) is 0 Å². The van der Waals surface area contributed by atoms with Crippen molar-refractivity contribution in [2.24, 2.45) is 5.84 Å². The topological polar surface area (TPSA) is 50.9 Å². The van der Waals surface area contributed by atoms with Gasteiger partial charge in [-0.3, -0.25) is 4.98 Å². The average molecular weight is 153 g/mol. The van der Waals surface area contributed by atoms with Gasteiger partial charge in [0.25, 0.3) is 0 Å². The summed E-state index contributed by atoms with van der Waals surface area (Å²) in [6.45, 7) is 0. The summed E-state index contributed by atoms with van der Waals surface area (Å²) in [6, 6.07) is 5.47. The fraction of sp³-hybridized carbons (Fsp3) is 0. The number of nitrogens with zero attached hydrogens (tertiary/aromatic N) is 1. The van der Waals surface area contributed by atoms with E-state index in [2.05, 4.69) is 10.4 Å². The second kappa shape index (κ2) is 3.24. The van der Waals surface area contributed by atoms with Crippen LogP contribution in [-0.4, -0.2) is 9.97 Å². The predicted octanol–water partition coefficient (Wildman–Crippen LogP) is 0.220. The number of rotatable bonds is 1. The highest BCUT2D eigenvalue weighted by atomic mass is 32.1. The van der Waals surface area contributed by atoms with E-state index in [1.807, 2.05) is 12.1 Å². The summed E-state index contributed by atoms with van der Waals surface area (Å²) in [4.78, 5) is 4.42. The van der Waals surface area contributed by atoms with E-state index in [0.717, 1.165) is 0 Å². The molecule has 52 valence electrons. The number of nitrogens with two attached hydrogens (primary N) is 1. The van der Waals surface area contributed by atoms with Crippen LogP contribution in [0.4, 0.5) is 0 Å². The van der Waals surface area contributed by atoms with Gasteiger partial charge in [-0.15, -0.1) is 0 Å². The smallest absolute Gasteiger partial charge is 0.139 e. The van der Waals surface area contributed by atoms with E-state index in [1.54, 1.807) is 12.3 Å². The maximum absolute atomic E-state index is 5.07. The maximum Gasteiger partial charge on any atom is 0.139 e. The van der Waals surface area contributed by atoms with Gasteiger partial charge in [-0.25, -0.2) is 5.84 Å². The molecule has 1 aromatic heterocycles. The normalized spacial score (nSPS) is 8.90. The third-order valence-electron chi connectivity index (χ3n) is 1.03. The molecule has 0 fully saturated rings. The molecule has 0 amide bonds. The van der Waals surface area contributed by atoms with Crippen LogP contribution in [0.1, 0.15) is 5.69 Å². The molecule has 1 aromatic rings. The summed E-state index contributed by atoms with van der Waals surface area (Å²) >= 11 is 4.82. The molecular formula is C6H7N3S. The zero-order valence-corrected chi connectivity index (χ0v) is 6.06. The Morgan fingerprint density at radius 2 is 2.40 bits per heavy atom. The molecule has 0 aliphatic carbocycles. The van der Waals surface area contributed by atoms with Gasteiger partial charge < -0.3 is 5.43 Å². The van der Waals surface area contributed by atoms with Gasteiger partial charge >= 0.3 is 0 Å². The minimum absolute atomic E-state index is 0.459. The van der Waals surface area contributed by atoms with Gasteiger partial charge in [0.2, 0.25) is 0 Å². The van der Waals surface area contributed by atoms with E-state index >= 15 is 0 Å². The minimum atomic E-state index is 0.459. The lowest BCUT2D eigenvalue weighted by molar-refractivity contribution is 1.04. The van der Waals surface area contributed by atoms with Gasteiger partial charge in [-0.05, 0) is 12.1 Å². The van der Waals surface area contributed by atoms with Gasteiger partial charge in [0.15, 0.2) is 0 Å². The van der Waals surface area contributed by atoms with Gasteiger partial charge in [-0.2, -0.15) is 0 Å². The Labute approximate surface area is 64.2 Å². The number of hydrogen-bond donors (Lipinski definition) is 2. The number of nitrogens with one attached hydrogen (secondary N) is 1. The molecule has 0 saturated carbocycles. The van der Waals surface area contributed by atoms with Crippen molar-refractivity contribution in [3.8, 4) is 0 Å². The largest absolute Gasteiger partial charge is 0.313 e. The standard InChI is InChI=1S/C6H7N3S/c7-9-6(10)5-3-1-2-4-8-5/h1-4H,7H2,(H,9,10). The van der Waals surface area contributed by atoms with Crippen LogP contribution in [-0.2, 0) is 0 Å². The predicted molar refractivity (Wildman–Crippen MR) is 43.3 cm³/mol. The molecule has 0 radical (unpaired) electrons. The van der Waals surface area contributed by atoms with Gasteiger partial charge in [0, 0.05) is 6.20 Å². The Morgan fingerprint density at radius 1 is 1.60 bits per heavy atom. The molecule has 3 nitrogen and oxygen atoms in total. The Bertz CT molecular complexity index is 222. The van der Waals surface area contributed by atoms with E-state index < -0.39 is 0 Å². The average Bonchev–Trinajstić information content (AvgIpc) is 2.05. The molecule has 0 aromatic carbocycles. The summed E-state index contributed by atoms with van der Waals surface area (Å²) in [5.41, 5.74) is 3.04. The second-order valence-corrected chi connectivity index (χ2v) is 2.10. The minimum Gasteiger partial charge on any atom is -0.313 e. The Balaban J connectivity index is 2.85. The molecule has 0 bridgehead atoms. The fourth-order valence-electron chi connectivity index (χ4n) is 0.571. The first kappa shape index (κ1) is 7.11. The Kier molecular flexibility index (Phi) is 2.30. The molecule has 3 N–H and O–H groups in total. The number of aromatic nitrogens is 1. The fourth-order valence-corrected chi connectivity index (χ4v) is 0.692. The lowest BCUT2D eigenvalue weighted by atomic mass is 10.3. The second-order valence-electron chi connectivity index (χ2n) is 1.69. The van der Waals surface area contributed by atoms with E-state index in [0.29, 0.717) is 10.7 Å². The van der Waals surface area contributed by atoms with Crippen molar-refractivity contribution in [3.63, 3.8) is 0 Å². The lowest BCUT2D eigenvalue weighted by Gasteiger charge is -1.98. The third kappa shape index (κ3) is 1.49. The first-order chi connectivity index (χ1) is 4.84. The third-order valence-corrected chi connectivity index (χ3v) is 1.36. The summed E-state index contributed by atoms with van der Waals surface area (Å²) in [5.74, 6) is 5.07. The highest BCUT2D eigenvalue weighted by Gasteiger charge is 1.95. The van der Waals surface area contributed by atoms with Gasteiger partial charge in [0.05, 0.1) is 5.69 Å². The summed E-state index contributed by atoms with van der Waals surface area (Å²) in [5, 5.41) is 0. The van der Waals surface area contributed by atoms with E-state index in [1.165, 1.54) is 0 Å². The van der Waals surface area contributed by atoms with E-state index in [9.17, 15) is 0 Å². The van der Waals surface area contributed by atoms with Gasteiger partial charge in [-0.1, -0.05) is 18.3 Å². The van der Waals surface area contributed by atoms with Crippen molar-refractivity contribution >= 4 is 17.2 Å². The number of thiocarbonyl (C=S) groups is 1. The van der Waals surface area contributed by atoms with E-state index in [-0.39, 0.29) is 0 Å². The molecule has 0 spiro atoms. The highest BCUT2D eigenvalue weighted by Crippen LogP contribution is 1.92. The van der Waals surface area contributed by atoms with Crippen LogP contribution in [0.3, 0.4) is 0 Å². The number of pyridine rings is 1. The van der Waals surface area contributed by atoms with Crippen LogP contribution in [0.2, 0.25) is 0 Å². The van der Waals surface area contributed by atoms with Gasteiger partial charge in [0.1, 0.15) is 4.99 Å². The van der Waals surface area contributed by atoms with Crippen molar-refractivity contribution < 1.29 is 0 Å². The van der Waals surface area contributed by atoms with Crippen LogP contribution in [0.5, 0.6) is 0 Å². The molecule has 0 aliphatic heterocycles. The number of hydrazine groups is 1. The van der Waals surface area contributed by atoms with Crippen LogP contribution in [0.15, 0.2) is 24.4 Å². The molecule has 4 heteroatoms. The molecule has 0 unspecified atom stereocenters. The highest BCUT2D eigenvalue weighted by molar-refractivity contribution is 7.80. The van der Waals surface area contributed by atoms with Crippen molar-refractivity contribution in [1.82, 2.24) is 10.4 Å². The number of hydrogen-bond acceptors (Lipinski definition) is 3. The van der Waals surface area contributed by atoms with Crippen molar-refractivity contribution in [1.29, 1.82) is 0 Å². The molecule has 1 rings (SSSR count). The molecule has 1 heterocycles. The maximum atomic E-state index is 5.07. The molecular weight excluding hydrogens is 146 g/mol. The zero-order chi connectivity index (χ0) is 7.40.